The summed E-state index contributed by atoms with van der Waals surface area (Å²) in [5.41, 5.74) is 0. The highest BCUT2D eigenvalue weighted by Gasteiger charge is 2.35. The second kappa shape index (κ2) is 6.22. The summed E-state index contributed by atoms with van der Waals surface area (Å²) in [7, 11) is 0. The van der Waals surface area contributed by atoms with Gasteiger partial charge in [-0.1, -0.05) is 6.42 Å². The molecule has 1 aliphatic heterocycles. The molecule has 2 saturated carbocycles. The van der Waals surface area contributed by atoms with E-state index >= 15 is 0 Å². The first-order valence-electron chi connectivity index (χ1n) is 8.14. The average molecular weight is 295 g/mol. The Balaban J connectivity index is 1.37. The molecule has 21 heavy (non-hydrogen) atoms. The maximum absolute atomic E-state index is 11.9. The van der Waals surface area contributed by atoms with Crippen molar-refractivity contribution in [3.05, 3.63) is 0 Å². The Morgan fingerprint density at radius 3 is 2.67 bits per heavy atom. The predicted molar refractivity (Wildman–Crippen MR) is 78.0 cm³/mol. The van der Waals surface area contributed by atoms with Crippen molar-refractivity contribution in [3.63, 3.8) is 0 Å². The van der Waals surface area contributed by atoms with Crippen LogP contribution in [0.4, 0.5) is 4.79 Å². The summed E-state index contributed by atoms with van der Waals surface area (Å²) in [5, 5.41) is 15.0. The van der Waals surface area contributed by atoms with Crippen molar-refractivity contribution in [3.8, 4) is 0 Å². The van der Waals surface area contributed by atoms with E-state index in [9.17, 15) is 9.59 Å². The molecule has 3 N–H and O–H groups in total. The molecule has 0 spiro atoms. The van der Waals surface area contributed by atoms with Crippen molar-refractivity contribution in [1.82, 2.24) is 15.5 Å². The van der Waals surface area contributed by atoms with E-state index < -0.39 is 5.97 Å². The molecule has 0 radical (unpaired) electrons. The number of carbonyl (C=O) groups is 2. The van der Waals surface area contributed by atoms with E-state index in [-0.39, 0.29) is 23.9 Å². The van der Waals surface area contributed by atoms with Crippen LogP contribution in [0.15, 0.2) is 0 Å². The van der Waals surface area contributed by atoms with Crippen LogP contribution in [0.25, 0.3) is 0 Å². The van der Waals surface area contributed by atoms with E-state index in [2.05, 4.69) is 15.5 Å². The van der Waals surface area contributed by atoms with Gasteiger partial charge in [-0.15, -0.1) is 0 Å². The maximum Gasteiger partial charge on any atom is 0.315 e. The van der Waals surface area contributed by atoms with E-state index in [0.29, 0.717) is 6.54 Å². The molecule has 0 bridgehead atoms. The Labute approximate surface area is 125 Å². The Kier molecular flexibility index (Phi) is 4.33. The zero-order valence-electron chi connectivity index (χ0n) is 12.4. The van der Waals surface area contributed by atoms with Crippen molar-refractivity contribution in [2.24, 2.45) is 11.8 Å². The first-order valence-corrected chi connectivity index (χ1v) is 8.14. The molecule has 3 fully saturated rings. The van der Waals surface area contributed by atoms with Gasteiger partial charge in [0.2, 0.25) is 0 Å². The predicted octanol–water partition coefficient (Wildman–Crippen LogP) is 1.02. The minimum atomic E-state index is -0.726. The highest BCUT2D eigenvalue weighted by atomic mass is 16.4. The molecular weight excluding hydrogens is 270 g/mol. The van der Waals surface area contributed by atoms with E-state index in [1.165, 1.54) is 12.8 Å². The number of nitrogens with zero attached hydrogens (tertiary/aromatic N) is 1. The number of amides is 2. The second-order valence-corrected chi connectivity index (χ2v) is 6.70. The van der Waals surface area contributed by atoms with Crippen molar-refractivity contribution >= 4 is 12.0 Å². The highest BCUT2D eigenvalue weighted by Crippen LogP contribution is 2.31. The Morgan fingerprint density at radius 2 is 1.95 bits per heavy atom. The molecule has 0 aromatic carbocycles. The molecule has 3 atom stereocenters. The SMILES string of the molecule is O=C(NCC1CCCC1C(=O)O)NC1CCN(C2CC2)C1. The lowest BCUT2D eigenvalue weighted by molar-refractivity contribution is -0.142. The molecule has 6 nitrogen and oxygen atoms in total. The fourth-order valence-electron chi connectivity index (χ4n) is 3.74. The highest BCUT2D eigenvalue weighted by molar-refractivity contribution is 5.74. The minimum absolute atomic E-state index is 0.0831. The summed E-state index contributed by atoms with van der Waals surface area (Å²) < 4.78 is 0. The van der Waals surface area contributed by atoms with Gasteiger partial charge in [0.05, 0.1) is 5.92 Å². The number of carboxylic acid groups (broad SMARTS) is 1. The van der Waals surface area contributed by atoms with Crippen molar-refractivity contribution in [1.29, 1.82) is 0 Å². The zero-order chi connectivity index (χ0) is 14.8. The van der Waals surface area contributed by atoms with E-state index in [4.69, 9.17) is 5.11 Å². The number of hydrogen-bond donors (Lipinski definition) is 3. The third-order valence-corrected chi connectivity index (χ3v) is 5.12. The third-order valence-electron chi connectivity index (χ3n) is 5.12. The van der Waals surface area contributed by atoms with Crippen LogP contribution in [0.5, 0.6) is 0 Å². The first kappa shape index (κ1) is 14.6. The van der Waals surface area contributed by atoms with Crippen LogP contribution in [0.1, 0.15) is 38.5 Å². The van der Waals surface area contributed by atoms with E-state index in [0.717, 1.165) is 44.8 Å². The fourth-order valence-corrected chi connectivity index (χ4v) is 3.74. The lowest BCUT2D eigenvalue weighted by Crippen LogP contribution is -2.45. The zero-order valence-corrected chi connectivity index (χ0v) is 12.4. The Bertz CT molecular complexity index is 411. The van der Waals surface area contributed by atoms with Crippen molar-refractivity contribution in [2.75, 3.05) is 19.6 Å². The molecular formula is C15H25N3O3. The van der Waals surface area contributed by atoms with Gasteiger partial charge in [0, 0.05) is 31.7 Å². The van der Waals surface area contributed by atoms with Crippen LogP contribution in [-0.2, 0) is 4.79 Å². The summed E-state index contributed by atoms with van der Waals surface area (Å²) in [5.74, 6) is -0.933. The van der Waals surface area contributed by atoms with Gasteiger partial charge in [-0.05, 0) is 38.0 Å². The normalized spacial score (nSPS) is 33.0. The number of carboxylic acids is 1. The topological polar surface area (TPSA) is 81.7 Å². The molecule has 3 unspecified atom stereocenters. The van der Waals surface area contributed by atoms with Gasteiger partial charge in [-0.2, -0.15) is 0 Å². The van der Waals surface area contributed by atoms with Crippen LogP contribution in [0, 0.1) is 11.8 Å². The molecule has 2 amide bonds. The smallest absolute Gasteiger partial charge is 0.315 e. The number of aliphatic carboxylic acids is 1. The van der Waals surface area contributed by atoms with Gasteiger partial charge in [-0.25, -0.2) is 4.79 Å². The molecule has 1 heterocycles. The van der Waals surface area contributed by atoms with Gasteiger partial charge in [-0.3, -0.25) is 9.69 Å². The number of likely N-dealkylation sites (tertiary alicyclic amines) is 1. The number of nitrogens with one attached hydrogen (secondary N) is 2. The summed E-state index contributed by atoms with van der Waals surface area (Å²) in [6.07, 6.45) is 6.21. The third kappa shape index (κ3) is 3.67. The van der Waals surface area contributed by atoms with Crippen molar-refractivity contribution < 1.29 is 14.7 Å². The standard InChI is InChI=1S/C15H25N3O3/c19-14(20)13-3-1-2-10(13)8-16-15(21)17-11-6-7-18(9-11)12-4-5-12/h10-13H,1-9H2,(H,19,20)(H2,16,17,21). The number of hydrogen-bond acceptors (Lipinski definition) is 3. The molecule has 3 rings (SSSR count). The number of rotatable bonds is 5. The van der Waals surface area contributed by atoms with Crippen LogP contribution >= 0.6 is 0 Å². The molecule has 118 valence electrons. The monoisotopic (exact) mass is 295 g/mol. The second-order valence-electron chi connectivity index (χ2n) is 6.70. The molecule has 1 saturated heterocycles. The fraction of sp³-hybridized carbons (Fsp3) is 0.867. The van der Waals surface area contributed by atoms with Crippen LogP contribution < -0.4 is 10.6 Å². The van der Waals surface area contributed by atoms with E-state index in [1.54, 1.807) is 0 Å². The van der Waals surface area contributed by atoms with Crippen LogP contribution in [-0.4, -0.2) is 53.7 Å². The summed E-state index contributed by atoms with van der Waals surface area (Å²) >= 11 is 0. The summed E-state index contributed by atoms with van der Waals surface area (Å²) in [6, 6.07) is 0.854. The van der Waals surface area contributed by atoms with Crippen LogP contribution in [0.2, 0.25) is 0 Å². The number of carbonyl (C=O) groups excluding carboxylic acids is 1. The Hall–Kier alpha value is -1.30. The van der Waals surface area contributed by atoms with Gasteiger partial charge < -0.3 is 15.7 Å². The van der Waals surface area contributed by atoms with Crippen molar-refractivity contribution in [2.45, 2.75) is 50.6 Å². The molecule has 2 aliphatic carbocycles. The van der Waals surface area contributed by atoms with Gasteiger partial charge in [0.1, 0.15) is 0 Å². The summed E-state index contributed by atoms with van der Waals surface area (Å²) in [4.78, 5) is 25.5. The van der Waals surface area contributed by atoms with Gasteiger partial charge >= 0.3 is 12.0 Å². The largest absolute Gasteiger partial charge is 0.481 e. The van der Waals surface area contributed by atoms with Crippen LogP contribution in [0.3, 0.4) is 0 Å². The first-order chi connectivity index (χ1) is 10.1. The van der Waals surface area contributed by atoms with Gasteiger partial charge in [0.15, 0.2) is 0 Å². The molecule has 3 aliphatic rings. The quantitative estimate of drug-likeness (QED) is 0.707. The lowest BCUT2D eigenvalue weighted by Gasteiger charge is -2.19. The molecule has 0 aromatic heterocycles. The minimum Gasteiger partial charge on any atom is -0.481 e. The van der Waals surface area contributed by atoms with Gasteiger partial charge in [0.25, 0.3) is 0 Å². The maximum atomic E-state index is 11.9. The molecule has 0 aromatic rings. The average Bonchev–Trinajstić information content (AvgIpc) is 3.00. The van der Waals surface area contributed by atoms with E-state index in [1.807, 2.05) is 0 Å². The number of urea groups is 1. The summed E-state index contributed by atoms with van der Waals surface area (Å²) in [6.45, 7) is 2.51. The molecule has 6 heteroatoms. The lowest BCUT2D eigenvalue weighted by atomic mass is 9.96. The Morgan fingerprint density at radius 1 is 1.14 bits per heavy atom.